The van der Waals surface area contributed by atoms with Gasteiger partial charge in [-0.25, -0.2) is 4.98 Å². The van der Waals surface area contributed by atoms with Gasteiger partial charge in [-0.05, 0) is 68.1 Å². The second kappa shape index (κ2) is 7.94. The van der Waals surface area contributed by atoms with Gasteiger partial charge in [-0.3, -0.25) is 0 Å². The molecule has 0 aliphatic heterocycles. The van der Waals surface area contributed by atoms with Gasteiger partial charge in [-0.2, -0.15) is 0 Å². The molecule has 0 saturated carbocycles. The van der Waals surface area contributed by atoms with Crippen LogP contribution in [0.25, 0.3) is 21.0 Å². The van der Waals surface area contributed by atoms with Crippen LogP contribution in [0, 0.1) is 0 Å². The van der Waals surface area contributed by atoms with Crippen molar-refractivity contribution >= 4 is 17.0 Å². The van der Waals surface area contributed by atoms with Crippen molar-refractivity contribution < 1.29 is 4.74 Å². The molecule has 0 bridgehead atoms. The monoisotopic (exact) mass is 393 g/mol. The number of thiazole rings is 1. The van der Waals surface area contributed by atoms with Gasteiger partial charge >= 0.3 is 0 Å². The number of rotatable bonds is 6. The summed E-state index contributed by atoms with van der Waals surface area (Å²) in [5.41, 5.74) is 12.1. The molecule has 0 saturated heterocycles. The lowest BCUT2D eigenvalue weighted by Crippen LogP contribution is -2.18. The number of nitrogens with one attached hydrogen (secondary N) is 1. The molecule has 5 heteroatoms. The lowest BCUT2D eigenvalue weighted by atomic mass is 10.0. The molecule has 4 rings (SSSR count). The molecule has 0 spiro atoms. The van der Waals surface area contributed by atoms with Crippen molar-refractivity contribution in [2.45, 2.75) is 45.8 Å². The minimum atomic E-state index is 0.103. The van der Waals surface area contributed by atoms with Crippen LogP contribution < -0.4 is 15.8 Å². The fourth-order valence-corrected chi connectivity index (χ4v) is 4.88. The third kappa shape index (κ3) is 3.64. The molecule has 1 atom stereocenters. The van der Waals surface area contributed by atoms with Crippen molar-refractivity contribution in [3.05, 3.63) is 53.7 Å². The van der Waals surface area contributed by atoms with Gasteiger partial charge in [0.15, 0.2) is 0 Å². The molecule has 1 aromatic heterocycles. The van der Waals surface area contributed by atoms with Crippen LogP contribution in [0.3, 0.4) is 0 Å². The number of fused-ring (bicyclic) bond motifs is 1. The molecule has 28 heavy (non-hydrogen) atoms. The molecule has 146 valence electrons. The highest BCUT2D eigenvalue weighted by atomic mass is 32.1. The number of benzene rings is 2. The van der Waals surface area contributed by atoms with Crippen LogP contribution in [0.5, 0.6) is 5.75 Å². The zero-order valence-electron chi connectivity index (χ0n) is 16.7. The molecule has 1 heterocycles. The van der Waals surface area contributed by atoms with Crippen LogP contribution in [0.2, 0.25) is 0 Å². The third-order valence-electron chi connectivity index (χ3n) is 5.11. The second-order valence-corrected chi connectivity index (χ2v) is 8.50. The van der Waals surface area contributed by atoms with Gasteiger partial charge in [0.25, 0.3) is 0 Å². The average Bonchev–Trinajstić information content (AvgIpc) is 3.31. The first-order chi connectivity index (χ1) is 13.6. The fraction of sp³-hybridized carbons (Fsp3) is 0.348. The highest BCUT2D eigenvalue weighted by molar-refractivity contribution is 7.18. The van der Waals surface area contributed by atoms with Crippen LogP contribution in [0.1, 0.15) is 44.4 Å². The van der Waals surface area contributed by atoms with Gasteiger partial charge < -0.3 is 15.8 Å². The summed E-state index contributed by atoms with van der Waals surface area (Å²) >= 11 is 1.72. The van der Waals surface area contributed by atoms with Gasteiger partial charge in [0.2, 0.25) is 0 Å². The molecule has 0 radical (unpaired) electrons. The Hall–Kier alpha value is -2.37. The Kier molecular flexibility index (Phi) is 5.38. The zero-order chi connectivity index (χ0) is 19.7. The standard InChI is InChI=1S/C23H27N3OS/c1-4-25-20-10-9-16-17(20)6-5-7-18(16)22-13-26-23(28-22)15-8-11-21(19(24)12-15)27-14(2)3/h5-8,11-14,20,25H,4,9-10,24H2,1-3H3. The van der Waals surface area contributed by atoms with Gasteiger partial charge in [-0.1, -0.05) is 25.1 Å². The van der Waals surface area contributed by atoms with E-state index in [2.05, 4.69) is 35.4 Å². The van der Waals surface area contributed by atoms with Gasteiger partial charge in [0, 0.05) is 17.8 Å². The van der Waals surface area contributed by atoms with E-state index in [1.807, 2.05) is 38.2 Å². The van der Waals surface area contributed by atoms with E-state index < -0.39 is 0 Å². The Bertz CT molecular complexity index is 980. The Morgan fingerprint density at radius 3 is 2.89 bits per heavy atom. The quantitative estimate of drug-likeness (QED) is 0.547. The average molecular weight is 394 g/mol. The zero-order valence-corrected chi connectivity index (χ0v) is 17.5. The fourth-order valence-electron chi connectivity index (χ4n) is 3.92. The van der Waals surface area contributed by atoms with E-state index in [-0.39, 0.29) is 6.10 Å². The van der Waals surface area contributed by atoms with E-state index in [9.17, 15) is 0 Å². The molecular formula is C23H27N3OS. The SMILES string of the molecule is CCNC1CCc2c(-c3cnc(-c4ccc(OC(C)C)c(N)c4)s3)cccc21. The summed E-state index contributed by atoms with van der Waals surface area (Å²) in [6.45, 7) is 7.16. The van der Waals surface area contributed by atoms with Gasteiger partial charge in [-0.15, -0.1) is 11.3 Å². The topological polar surface area (TPSA) is 60.2 Å². The number of nitrogen functional groups attached to an aromatic ring is 1. The Morgan fingerprint density at radius 1 is 1.29 bits per heavy atom. The summed E-state index contributed by atoms with van der Waals surface area (Å²) in [6, 6.07) is 13.0. The maximum atomic E-state index is 6.19. The molecular weight excluding hydrogens is 366 g/mol. The molecule has 2 aromatic carbocycles. The van der Waals surface area contributed by atoms with E-state index in [0.717, 1.165) is 29.3 Å². The van der Waals surface area contributed by atoms with Gasteiger partial charge in [0.05, 0.1) is 16.7 Å². The van der Waals surface area contributed by atoms with E-state index in [4.69, 9.17) is 10.5 Å². The summed E-state index contributed by atoms with van der Waals surface area (Å²) in [6.07, 6.45) is 4.38. The summed E-state index contributed by atoms with van der Waals surface area (Å²) in [5.74, 6) is 0.728. The van der Waals surface area contributed by atoms with Crippen molar-refractivity contribution in [1.29, 1.82) is 0 Å². The largest absolute Gasteiger partial charge is 0.489 e. The molecule has 3 N–H and O–H groups in total. The molecule has 1 aliphatic rings. The number of aromatic nitrogens is 1. The summed E-state index contributed by atoms with van der Waals surface area (Å²) in [4.78, 5) is 5.89. The van der Waals surface area contributed by atoms with Crippen LogP contribution in [-0.4, -0.2) is 17.6 Å². The molecule has 0 amide bonds. The van der Waals surface area contributed by atoms with Crippen LogP contribution in [0.15, 0.2) is 42.6 Å². The lowest BCUT2D eigenvalue weighted by Gasteiger charge is -2.13. The number of nitrogens with two attached hydrogens (primary N) is 1. The lowest BCUT2D eigenvalue weighted by molar-refractivity contribution is 0.244. The Balaban J connectivity index is 1.64. The van der Waals surface area contributed by atoms with Crippen molar-refractivity contribution in [3.63, 3.8) is 0 Å². The minimum absolute atomic E-state index is 0.103. The predicted octanol–water partition coefficient (Wildman–Crippen LogP) is 5.44. The van der Waals surface area contributed by atoms with Crippen molar-refractivity contribution in [2.24, 2.45) is 0 Å². The second-order valence-electron chi connectivity index (χ2n) is 7.47. The third-order valence-corrected chi connectivity index (χ3v) is 6.19. The van der Waals surface area contributed by atoms with Gasteiger partial charge in [0.1, 0.15) is 10.8 Å². The van der Waals surface area contributed by atoms with Crippen molar-refractivity contribution in [3.8, 4) is 26.8 Å². The summed E-state index contributed by atoms with van der Waals surface area (Å²) < 4.78 is 5.74. The Labute approximate surface area is 170 Å². The number of anilines is 1. The smallest absolute Gasteiger partial charge is 0.142 e. The van der Waals surface area contributed by atoms with E-state index in [1.165, 1.54) is 28.0 Å². The minimum Gasteiger partial charge on any atom is -0.489 e. The maximum Gasteiger partial charge on any atom is 0.142 e. The predicted molar refractivity (Wildman–Crippen MR) is 118 cm³/mol. The normalized spacial score (nSPS) is 15.8. The van der Waals surface area contributed by atoms with Crippen LogP contribution in [-0.2, 0) is 6.42 Å². The van der Waals surface area contributed by atoms with E-state index >= 15 is 0 Å². The highest BCUT2D eigenvalue weighted by Crippen LogP contribution is 2.41. The van der Waals surface area contributed by atoms with Crippen LogP contribution >= 0.6 is 11.3 Å². The number of hydrogen-bond donors (Lipinski definition) is 2. The van der Waals surface area contributed by atoms with E-state index in [1.54, 1.807) is 11.3 Å². The van der Waals surface area contributed by atoms with Crippen molar-refractivity contribution in [1.82, 2.24) is 10.3 Å². The Morgan fingerprint density at radius 2 is 2.14 bits per heavy atom. The first-order valence-electron chi connectivity index (χ1n) is 9.94. The van der Waals surface area contributed by atoms with Crippen LogP contribution in [0.4, 0.5) is 5.69 Å². The number of ether oxygens (including phenoxy) is 1. The maximum absolute atomic E-state index is 6.19. The first kappa shape index (κ1) is 19.0. The molecule has 4 nitrogen and oxygen atoms in total. The molecule has 1 aliphatic carbocycles. The van der Waals surface area contributed by atoms with Crippen molar-refractivity contribution in [2.75, 3.05) is 12.3 Å². The summed E-state index contributed by atoms with van der Waals surface area (Å²) in [5, 5.41) is 4.58. The first-order valence-corrected chi connectivity index (χ1v) is 10.8. The summed E-state index contributed by atoms with van der Waals surface area (Å²) in [7, 11) is 0. The number of nitrogens with zero attached hydrogens (tertiary/aromatic N) is 1. The van der Waals surface area contributed by atoms with E-state index in [0.29, 0.717) is 11.7 Å². The molecule has 1 unspecified atom stereocenters. The highest BCUT2D eigenvalue weighted by Gasteiger charge is 2.24. The molecule has 0 fully saturated rings. The molecule has 3 aromatic rings. The number of hydrogen-bond acceptors (Lipinski definition) is 5.